The molecule has 17 heteroatoms. The second kappa shape index (κ2) is 23.4. The lowest BCUT2D eigenvalue weighted by atomic mass is 9.88. The van der Waals surface area contributed by atoms with Gasteiger partial charge < -0.3 is 69.9 Å². The van der Waals surface area contributed by atoms with Gasteiger partial charge in [0.05, 0.1) is 30.8 Å². The van der Waals surface area contributed by atoms with Gasteiger partial charge in [0.2, 0.25) is 5.91 Å². The van der Waals surface area contributed by atoms with E-state index in [2.05, 4.69) is 5.32 Å². The normalized spacial score (nSPS) is 39.0. The van der Waals surface area contributed by atoms with Crippen LogP contribution in [0.25, 0.3) is 0 Å². The summed E-state index contributed by atoms with van der Waals surface area (Å²) in [4.78, 5) is 39.0. The number of cyclic esters (lactones) is 1. The molecule has 346 valence electrons. The van der Waals surface area contributed by atoms with Gasteiger partial charge in [-0.2, -0.15) is 0 Å². The Hall–Kier alpha value is -3.33. The van der Waals surface area contributed by atoms with Crippen LogP contribution in [0.2, 0.25) is 0 Å². The molecule has 0 aromatic heterocycles. The van der Waals surface area contributed by atoms with Crippen molar-refractivity contribution in [2.75, 3.05) is 6.61 Å². The van der Waals surface area contributed by atoms with E-state index in [4.69, 9.17) is 23.7 Å². The van der Waals surface area contributed by atoms with E-state index in [1.54, 1.807) is 53.7 Å². The van der Waals surface area contributed by atoms with Crippen LogP contribution in [0.4, 0.5) is 0 Å². The lowest BCUT2D eigenvalue weighted by Crippen LogP contribution is -2.64. The predicted octanol–water partition coefficient (Wildman–Crippen LogP) is 1.29. The zero-order valence-corrected chi connectivity index (χ0v) is 36.7. The first kappa shape index (κ1) is 52.0. The molecule has 0 bridgehead atoms. The minimum atomic E-state index is -1.73. The third kappa shape index (κ3) is 14.3. The quantitative estimate of drug-likeness (QED) is 0.105. The Morgan fingerprint density at radius 3 is 2.25 bits per heavy atom. The summed E-state index contributed by atoms with van der Waals surface area (Å²) >= 11 is 0. The van der Waals surface area contributed by atoms with Gasteiger partial charge in [-0.1, -0.05) is 62.8 Å². The fourth-order valence-corrected chi connectivity index (χ4v) is 7.28. The molecule has 0 aromatic rings. The highest BCUT2D eigenvalue weighted by Crippen LogP contribution is 2.36. The number of aliphatic hydroxyl groups excluding tert-OH is 8. The number of aliphatic hydroxyl groups is 8. The molecule has 3 aliphatic heterocycles. The molecule has 61 heavy (non-hydrogen) atoms. The predicted molar refractivity (Wildman–Crippen MR) is 221 cm³/mol. The number of carbonyl (C=O) groups excluding carboxylic acids is 3. The molecule has 14 atom stereocenters. The first-order valence-electron chi connectivity index (χ1n) is 21.0. The van der Waals surface area contributed by atoms with E-state index < -0.39 is 116 Å². The number of allylic oxidation sites excluding steroid dienone is 4. The van der Waals surface area contributed by atoms with Crippen molar-refractivity contribution in [3.05, 3.63) is 58.7 Å². The average molecular weight is 868 g/mol. The topological polar surface area (TPSA) is 271 Å². The minimum Gasteiger partial charge on any atom is -0.456 e. The Bertz CT molecular complexity index is 1630. The molecule has 2 saturated heterocycles. The van der Waals surface area contributed by atoms with Gasteiger partial charge in [0.1, 0.15) is 48.3 Å². The largest absolute Gasteiger partial charge is 0.456 e. The molecular formula is C44H69NO16. The van der Waals surface area contributed by atoms with Crippen LogP contribution < -0.4 is 5.32 Å². The number of amides is 1. The van der Waals surface area contributed by atoms with Crippen LogP contribution in [-0.2, 0) is 38.1 Å². The van der Waals surface area contributed by atoms with Gasteiger partial charge in [-0.05, 0) is 72.0 Å². The summed E-state index contributed by atoms with van der Waals surface area (Å²) in [5, 5.41) is 87.0. The summed E-state index contributed by atoms with van der Waals surface area (Å²) in [7, 11) is 0. The fourth-order valence-electron chi connectivity index (χ4n) is 7.28. The molecule has 3 heterocycles. The Morgan fingerprint density at radius 2 is 1.64 bits per heavy atom. The van der Waals surface area contributed by atoms with Crippen molar-refractivity contribution < 1.29 is 78.9 Å². The first-order chi connectivity index (χ1) is 28.5. The van der Waals surface area contributed by atoms with Crippen molar-refractivity contribution in [3.8, 4) is 0 Å². The van der Waals surface area contributed by atoms with Crippen molar-refractivity contribution in [1.29, 1.82) is 0 Å². The van der Waals surface area contributed by atoms with Crippen molar-refractivity contribution in [2.45, 2.75) is 180 Å². The molecule has 9 N–H and O–H groups in total. The monoisotopic (exact) mass is 867 g/mol. The number of carbonyl (C=O) groups is 3. The summed E-state index contributed by atoms with van der Waals surface area (Å²) in [6.45, 7) is 14.7. The van der Waals surface area contributed by atoms with Gasteiger partial charge >= 0.3 is 11.9 Å². The molecule has 3 rings (SSSR count). The van der Waals surface area contributed by atoms with Crippen LogP contribution in [-0.4, -0.2) is 151 Å². The molecule has 0 aliphatic carbocycles. The van der Waals surface area contributed by atoms with E-state index in [0.29, 0.717) is 23.1 Å². The summed E-state index contributed by atoms with van der Waals surface area (Å²) in [5.41, 5.74) is 0.789. The second-order valence-corrected chi connectivity index (χ2v) is 17.1. The van der Waals surface area contributed by atoms with Gasteiger partial charge in [-0.25, -0.2) is 4.79 Å². The fraction of sp³-hybridized carbons (Fsp3) is 0.705. The second-order valence-electron chi connectivity index (χ2n) is 17.1. The van der Waals surface area contributed by atoms with E-state index in [9.17, 15) is 55.2 Å². The van der Waals surface area contributed by atoms with Crippen LogP contribution in [0.1, 0.15) is 94.4 Å². The highest BCUT2D eigenvalue weighted by atomic mass is 16.7. The highest BCUT2D eigenvalue weighted by Gasteiger charge is 2.53. The Morgan fingerprint density at radius 1 is 0.967 bits per heavy atom. The van der Waals surface area contributed by atoms with E-state index in [-0.39, 0.29) is 37.2 Å². The van der Waals surface area contributed by atoms with Gasteiger partial charge in [-0.15, -0.1) is 0 Å². The van der Waals surface area contributed by atoms with Crippen molar-refractivity contribution in [3.63, 3.8) is 0 Å². The summed E-state index contributed by atoms with van der Waals surface area (Å²) in [5.74, 6) is -2.93. The molecule has 2 fully saturated rings. The maximum atomic E-state index is 13.6. The standard InChI is InChI=1S/C44H69NO16/c1-10-27-20-24(5)29(48)14-12-11-13-28(16-18-32(49)45-33-35(51)34(50)31(21-46)58-42(33)56)41(55)57-30(26(7)47)17-15-23(4)19-25(6)38(27)59-43-37(53)36(52)39(44(8,9)61-43)60-40(54)22(2)3/h11-13,15,19-20,22,26-27,29-31,33-39,42-43,46-48,50-53,56H,10,14,16-18,21H2,1-9H3,(H,45,49)/b12-11+,23-15+,24-20+,25-19+,28-13+/t26-,27+,29+,30+,31-,33-,34-,35-,36-,37+,38+,39+,42?,43-/m1/s1. The molecule has 0 aromatic carbocycles. The molecule has 1 unspecified atom stereocenters. The van der Waals surface area contributed by atoms with Crippen LogP contribution in [0.3, 0.4) is 0 Å². The summed E-state index contributed by atoms with van der Waals surface area (Å²) in [6, 6.07) is -1.42. The Balaban J connectivity index is 1.92. The van der Waals surface area contributed by atoms with E-state index in [1.165, 1.54) is 19.1 Å². The van der Waals surface area contributed by atoms with Crippen LogP contribution >= 0.6 is 0 Å². The van der Waals surface area contributed by atoms with Crippen LogP contribution in [0.15, 0.2) is 58.7 Å². The number of ether oxygens (including phenoxy) is 5. The molecule has 17 nitrogen and oxygen atoms in total. The number of rotatable bonds is 11. The number of esters is 2. The van der Waals surface area contributed by atoms with Gasteiger partial charge in [-0.3, -0.25) is 9.59 Å². The lowest BCUT2D eigenvalue weighted by Gasteiger charge is -2.47. The van der Waals surface area contributed by atoms with Crippen molar-refractivity contribution in [2.24, 2.45) is 11.8 Å². The van der Waals surface area contributed by atoms with E-state index in [1.807, 2.05) is 26.0 Å². The van der Waals surface area contributed by atoms with E-state index >= 15 is 0 Å². The molecule has 0 radical (unpaired) electrons. The van der Waals surface area contributed by atoms with Crippen LogP contribution in [0, 0.1) is 11.8 Å². The van der Waals surface area contributed by atoms with Crippen LogP contribution in [0.5, 0.6) is 0 Å². The minimum absolute atomic E-state index is 0.0496. The molecule has 0 spiro atoms. The maximum absolute atomic E-state index is 13.6. The smallest absolute Gasteiger partial charge is 0.334 e. The zero-order valence-electron chi connectivity index (χ0n) is 36.7. The van der Waals surface area contributed by atoms with Crippen molar-refractivity contribution >= 4 is 17.8 Å². The number of hydrogen-bond acceptors (Lipinski definition) is 16. The Kier molecular flexibility index (Phi) is 19.9. The molecular weight excluding hydrogens is 798 g/mol. The Labute approximate surface area is 358 Å². The van der Waals surface area contributed by atoms with Gasteiger partial charge in [0.25, 0.3) is 0 Å². The van der Waals surface area contributed by atoms with Crippen molar-refractivity contribution in [1.82, 2.24) is 5.32 Å². The summed E-state index contributed by atoms with van der Waals surface area (Å²) in [6.07, 6.45) is -5.41. The van der Waals surface area contributed by atoms with Gasteiger partial charge in [0, 0.05) is 24.3 Å². The lowest BCUT2D eigenvalue weighted by molar-refractivity contribution is -0.333. The maximum Gasteiger partial charge on any atom is 0.334 e. The van der Waals surface area contributed by atoms with E-state index in [0.717, 1.165) is 0 Å². The third-order valence-electron chi connectivity index (χ3n) is 11.2. The first-order valence-corrected chi connectivity index (χ1v) is 21.0. The highest BCUT2D eigenvalue weighted by molar-refractivity contribution is 5.90. The number of nitrogens with one attached hydrogen (secondary N) is 1. The average Bonchev–Trinajstić information content (AvgIpc) is 3.19. The number of hydrogen-bond donors (Lipinski definition) is 9. The molecule has 1 amide bonds. The zero-order chi connectivity index (χ0) is 45.9. The molecule has 0 saturated carbocycles. The summed E-state index contributed by atoms with van der Waals surface area (Å²) < 4.78 is 29.1. The third-order valence-corrected chi connectivity index (χ3v) is 11.2. The van der Waals surface area contributed by atoms with Gasteiger partial charge in [0.15, 0.2) is 18.7 Å². The SMILES string of the molecule is CC[C@H]1/C=C(\C)[C@@H](O)C/C=C/C=C(\CCC(=O)N[C@H]2C(O)O[C@H](CO)[C@@H](O)[C@@H]2O)C(=O)O[C@H]([C@@H](C)O)C/C=C(C)/C=C(\C)[C@@H]1O[C@@H]1OC(C)(C)[C@@H](OC(=O)C(C)C)[C@H](O)[C@@H]1O. The molecule has 3 aliphatic rings.